The predicted molar refractivity (Wildman–Crippen MR) is 69.7 cm³/mol. The maximum absolute atomic E-state index is 3.83. The van der Waals surface area contributed by atoms with Gasteiger partial charge >= 0.3 is 0 Å². The van der Waals surface area contributed by atoms with Gasteiger partial charge in [-0.1, -0.05) is 13.8 Å². The number of hydrogen-bond acceptors (Lipinski definition) is 2. The Kier molecular flexibility index (Phi) is 4.26. The summed E-state index contributed by atoms with van der Waals surface area (Å²) in [4.78, 5) is 2.59. The molecule has 94 valence electrons. The van der Waals surface area contributed by atoms with Crippen LogP contribution in [0.3, 0.4) is 0 Å². The normalized spacial score (nSPS) is 30.0. The molecule has 1 aliphatic heterocycles. The molecule has 2 heteroatoms. The molecule has 0 aromatic heterocycles. The summed E-state index contributed by atoms with van der Waals surface area (Å²) in [5, 5.41) is 3.83. The molecule has 0 bridgehead atoms. The van der Waals surface area contributed by atoms with E-state index in [0.717, 1.165) is 6.04 Å². The van der Waals surface area contributed by atoms with Crippen LogP contribution < -0.4 is 5.32 Å². The fraction of sp³-hybridized carbons (Fsp3) is 1.00. The van der Waals surface area contributed by atoms with E-state index in [0.29, 0.717) is 5.41 Å². The Labute approximate surface area is 101 Å². The Balaban J connectivity index is 1.69. The summed E-state index contributed by atoms with van der Waals surface area (Å²) >= 11 is 0. The van der Waals surface area contributed by atoms with Gasteiger partial charge in [-0.3, -0.25) is 0 Å². The van der Waals surface area contributed by atoms with Crippen LogP contribution in [0.1, 0.15) is 52.4 Å². The van der Waals surface area contributed by atoms with Crippen molar-refractivity contribution in [3.63, 3.8) is 0 Å². The topological polar surface area (TPSA) is 15.3 Å². The monoisotopic (exact) mass is 224 g/mol. The van der Waals surface area contributed by atoms with Crippen LogP contribution in [0.25, 0.3) is 0 Å². The van der Waals surface area contributed by atoms with E-state index < -0.39 is 0 Å². The van der Waals surface area contributed by atoms with E-state index in [4.69, 9.17) is 0 Å². The number of rotatable bonds is 5. The summed E-state index contributed by atoms with van der Waals surface area (Å²) in [7, 11) is 0. The van der Waals surface area contributed by atoms with E-state index in [1.165, 1.54) is 64.7 Å². The van der Waals surface area contributed by atoms with Crippen LogP contribution in [0.2, 0.25) is 0 Å². The summed E-state index contributed by atoms with van der Waals surface area (Å²) in [6.45, 7) is 9.75. The van der Waals surface area contributed by atoms with Crippen molar-refractivity contribution in [2.45, 2.75) is 58.4 Å². The molecule has 1 heterocycles. The third kappa shape index (κ3) is 3.21. The summed E-state index contributed by atoms with van der Waals surface area (Å²) < 4.78 is 0. The zero-order chi connectivity index (χ0) is 11.4. The van der Waals surface area contributed by atoms with Gasteiger partial charge in [0.15, 0.2) is 0 Å². The SMILES string of the molecule is CCN1CCCC(NCC2(CC)CC2)CC1. The van der Waals surface area contributed by atoms with Crippen LogP contribution in [-0.4, -0.2) is 37.1 Å². The first kappa shape index (κ1) is 12.4. The van der Waals surface area contributed by atoms with Crippen molar-refractivity contribution in [1.29, 1.82) is 0 Å². The van der Waals surface area contributed by atoms with E-state index in [1.807, 2.05) is 0 Å². The zero-order valence-corrected chi connectivity index (χ0v) is 11.1. The Morgan fingerprint density at radius 1 is 1.19 bits per heavy atom. The molecule has 1 unspecified atom stereocenters. The van der Waals surface area contributed by atoms with Crippen LogP contribution in [0, 0.1) is 5.41 Å². The first-order valence-electron chi connectivity index (χ1n) is 7.24. The molecular weight excluding hydrogens is 196 g/mol. The van der Waals surface area contributed by atoms with Crippen molar-refractivity contribution in [2.75, 3.05) is 26.2 Å². The van der Waals surface area contributed by atoms with Gasteiger partial charge in [-0.05, 0) is 63.6 Å². The first-order valence-corrected chi connectivity index (χ1v) is 7.24. The smallest absolute Gasteiger partial charge is 0.00799 e. The molecule has 1 saturated carbocycles. The standard InChI is InChI=1S/C14H28N2/c1-3-14(8-9-14)12-15-13-6-5-10-16(4-2)11-7-13/h13,15H,3-12H2,1-2H3. The molecule has 0 radical (unpaired) electrons. The van der Waals surface area contributed by atoms with Gasteiger partial charge in [0.1, 0.15) is 0 Å². The molecule has 0 aromatic carbocycles. The van der Waals surface area contributed by atoms with Crippen molar-refractivity contribution < 1.29 is 0 Å². The fourth-order valence-electron chi connectivity index (χ4n) is 2.87. The van der Waals surface area contributed by atoms with Crippen LogP contribution in [0.5, 0.6) is 0 Å². The Morgan fingerprint density at radius 3 is 2.62 bits per heavy atom. The Hall–Kier alpha value is -0.0800. The molecule has 0 amide bonds. The summed E-state index contributed by atoms with van der Waals surface area (Å²) in [6, 6.07) is 0.792. The summed E-state index contributed by atoms with van der Waals surface area (Å²) in [6.07, 6.45) is 8.41. The largest absolute Gasteiger partial charge is 0.313 e. The molecule has 2 fully saturated rings. The molecular formula is C14H28N2. The molecule has 1 N–H and O–H groups in total. The second kappa shape index (κ2) is 5.50. The van der Waals surface area contributed by atoms with Gasteiger partial charge < -0.3 is 10.2 Å². The van der Waals surface area contributed by atoms with Gasteiger partial charge in [0.05, 0.1) is 0 Å². The second-order valence-corrected chi connectivity index (χ2v) is 5.80. The van der Waals surface area contributed by atoms with E-state index in [1.54, 1.807) is 0 Å². The lowest BCUT2D eigenvalue weighted by Crippen LogP contribution is -2.35. The van der Waals surface area contributed by atoms with E-state index >= 15 is 0 Å². The van der Waals surface area contributed by atoms with Crippen molar-refractivity contribution >= 4 is 0 Å². The number of nitrogens with one attached hydrogen (secondary N) is 1. The van der Waals surface area contributed by atoms with Crippen molar-refractivity contribution in [1.82, 2.24) is 10.2 Å². The van der Waals surface area contributed by atoms with Gasteiger partial charge in [0.2, 0.25) is 0 Å². The lowest BCUT2D eigenvalue weighted by Gasteiger charge is -2.21. The highest BCUT2D eigenvalue weighted by Gasteiger charge is 2.40. The number of hydrogen-bond donors (Lipinski definition) is 1. The third-order valence-electron chi connectivity index (χ3n) is 4.74. The van der Waals surface area contributed by atoms with Crippen molar-refractivity contribution in [3.05, 3.63) is 0 Å². The van der Waals surface area contributed by atoms with Crippen LogP contribution >= 0.6 is 0 Å². The zero-order valence-electron chi connectivity index (χ0n) is 11.1. The molecule has 1 saturated heterocycles. The maximum atomic E-state index is 3.83. The average Bonchev–Trinajstić information content (AvgIpc) is 3.11. The quantitative estimate of drug-likeness (QED) is 0.772. The van der Waals surface area contributed by atoms with Crippen LogP contribution in [-0.2, 0) is 0 Å². The highest BCUT2D eigenvalue weighted by molar-refractivity contribution is 4.94. The maximum Gasteiger partial charge on any atom is 0.00799 e. The first-order chi connectivity index (χ1) is 7.78. The second-order valence-electron chi connectivity index (χ2n) is 5.80. The van der Waals surface area contributed by atoms with Gasteiger partial charge in [0.25, 0.3) is 0 Å². The minimum absolute atomic E-state index is 0.705. The Bertz CT molecular complexity index is 211. The molecule has 0 spiro atoms. The molecule has 1 aliphatic carbocycles. The summed E-state index contributed by atoms with van der Waals surface area (Å²) in [5.41, 5.74) is 0.705. The van der Waals surface area contributed by atoms with Gasteiger partial charge in [-0.25, -0.2) is 0 Å². The van der Waals surface area contributed by atoms with Crippen molar-refractivity contribution in [2.24, 2.45) is 5.41 Å². The van der Waals surface area contributed by atoms with Gasteiger partial charge in [-0.15, -0.1) is 0 Å². The van der Waals surface area contributed by atoms with Crippen molar-refractivity contribution in [3.8, 4) is 0 Å². The van der Waals surface area contributed by atoms with Gasteiger partial charge in [0, 0.05) is 12.6 Å². The molecule has 1 atom stereocenters. The van der Waals surface area contributed by atoms with E-state index in [9.17, 15) is 0 Å². The highest BCUT2D eigenvalue weighted by atomic mass is 15.1. The summed E-state index contributed by atoms with van der Waals surface area (Å²) in [5.74, 6) is 0. The van der Waals surface area contributed by atoms with Crippen LogP contribution in [0.4, 0.5) is 0 Å². The molecule has 0 aromatic rings. The molecule has 2 nitrogen and oxygen atoms in total. The minimum atomic E-state index is 0.705. The van der Waals surface area contributed by atoms with Gasteiger partial charge in [-0.2, -0.15) is 0 Å². The average molecular weight is 224 g/mol. The molecule has 2 rings (SSSR count). The van der Waals surface area contributed by atoms with E-state index in [2.05, 4.69) is 24.1 Å². The predicted octanol–water partition coefficient (Wildman–Crippen LogP) is 2.64. The lowest BCUT2D eigenvalue weighted by molar-refractivity contribution is 0.295. The Morgan fingerprint density at radius 2 is 2.00 bits per heavy atom. The van der Waals surface area contributed by atoms with E-state index in [-0.39, 0.29) is 0 Å². The fourth-order valence-corrected chi connectivity index (χ4v) is 2.87. The number of likely N-dealkylation sites (tertiary alicyclic amines) is 1. The highest BCUT2D eigenvalue weighted by Crippen LogP contribution is 2.48. The number of nitrogens with zero attached hydrogens (tertiary/aromatic N) is 1. The van der Waals surface area contributed by atoms with Crippen LogP contribution in [0.15, 0.2) is 0 Å². The molecule has 2 aliphatic rings. The minimum Gasteiger partial charge on any atom is -0.313 e. The lowest BCUT2D eigenvalue weighted by atomic mass is 10.0. The third-order valence-corrected chi connectivity index (χ3v) is 4.74. The molecule has 16 heavy (non-hydrogen) atoms.